The van der Waals surface area contributed by atoms with Crippen LogP contribution in [0.4, 0.5) is 0 Å². The van der Waals surface area contributed by atoms with Crippen LogP contribution in [0.25, 0.3) is 0 Å². The van der Waals surface area contributed by atoms with E-state index in [4.69, 9.17) is 4.42 Å². The first kappa shape index (κ1) is 13.8. The lowest BCUT2D eigenvalue weighted by atomic mass is 10.1. The molecule has 0 saturated heterocycles. The summed E-state index contributed by atoms with van der Waals surface area (Å²) in [7, 11) is 1.88. The Bertz CT molecular complexity index is 503. The summed E-state index contributed by atoms with van der Waals surface area (Å²) in [6, 6.07) is 1.93. The Kier molecular flexibility index (Phi) is 4.58. The Labute approximate surface area is 122 Å². The SMILES string of the molecule is CCCNC(c1ccoc1Br)c1c(Br)nnn1C. The first-order valence-electron chi connectivity index (χ1n) is 5.66. The van der Waals surface area contributed by atoms with Gasteiger partial charge in [0.1, 0.15) is 0 Å². The van der Waals surface area contributed by atoms with Crippen molar-refractivity contribution in [1.82, 2.24) is 20.3 Å². The van der Waals surface area contributed by atoms with E-state index in [1.165, 1.54) is 0 Å². The topological polar surface area (TPSA) is 55.9 Å². The van der Waals surface area contributed by atoms with E-state index in [1.54, 1.807) is 10.9 Å². The molecule has 2 rings (SSSR count). The van der Waals surface area contributed by atoms with Crippen LogP contribution in [0.2, 0.25) is 0 Å². The molecule has 0 bridgehead atoms. The molecule has 0 aliphatic carbocycles. The van der Waals surface area contributed by atoms with E-state index in [0.29, 0.717) is 0 Å². The van der Waals surface area contributed by atoms with E-state index in [9.17, 15) is 0 Å². The van der Waals surface area contributed by atoms with Crippen LogP contribution < -0.4 is 5.32 Å². The molecule has 5 nitrogen and oxygen atoms in total. The molecule has 98 valence electrons. The fraction of sp³-hybridized carbons (Fsp3) is 0.455. The number of halogens is 2. The van der Waals surface area contributed by atoms with Crippen LogP contribution in [0.15, 0.2) is 26.0 Å². The van der Waals surface area contributed by atoms with Crippen LogP contribution in [0.5, 0.6) is 0 Å². The molecule has 1 atom stereocenters. The first-order chi connectivity index (χ1) is 8.65. The fourth-order valence-corrected chi connectivity index (χ4v) is 2.82. The van der Waals surface area contributed by atoms with Gasteiger partial charge in [-0.1, -0.05) is 12.1 Å². The van der Waals surface area contributed by atoms with Gasteiger partial charge in [0.2, 0.25) is 0 Å². The van der Waals surface area contributed by atoms with E-state index in [-0.39, 0.29) is 6.04 Å². The Morgan fingerprint density at radius 1 is 1.50 bits per heavy atom. The van der Waals surface area contributed by atoms with Gasteiger partial charge in [0, 0.05) is 12.6 Å². The summed E-state index contributed by atoms with van der Waals surface area (Å²) in [4.78, 5) is 0. The fourth-order valence-electron chi connectivity index (χ4n) is 1.80. The molecule has 2 aromatic heterocycles. The van der Waals surface area contributed by atoms with Gasteiger partial charge in [0.15, 0.2) is 9.27 Å². The second-order valence-electron chi connectivity index (χ2n) is 3.93. The zero-order valence-corrected chi connectivity index (χ0v) is 13.3. The molecular weight excluding hydrogens is 364 g/mol. The smallest absolute Gasteiger partial charge is 0.174 e. The summed E-state index contributed by atoms with van der Waals surface area (Å²) in [5.41, 5.74) is 2.01. The van der Waals surface area contributed by atoms with Gasteiger partial charge in [0.05, 0.1) is 18.0 Å². The third kappa shape index (κ3) is 2.67. The third-order valence-electron chi connectivity index (χ3n) is 2.66. The standard InChI is InChI=1S/C11H14Br2N4O/c1-3-5-14-8(7-4-6-18-11(7)13)9-10(12)15-16-17(9)2/h4,6,8,14H,3,5H2,1-2H3. The van der Waals surface area contributed by atoms with Gasteiger partial charge in [-0.3, -0.25) is 0 Å². The van der Waals surface area contributed by atoms with Crippen molar-refractivity contribution in [1.29, 1.82) is 0 Å². The van der Waals surface area contributed by atoms with Crippen molar-refractivity contribution < 1.29 is 4.42 Å². The van der Waals surface area contributed by atoms with E-state index in [1.807, 2.05) is 13.1 Å². The lowest BCUT2D eigenvalue weighted by Crippen LogP contribution is -2.25. The van der Waals surface area contributed by atoms with Crippen LogP contribution in [0.3, 0.4) is 0 Å². The molecule has 18 heavy (non-hydrogen) atoms. The molecule has 0 aliphatic rings. The molecule has 0 amide bonds. The van der Waals surface area contributed by atoms with Crippen molar-refractivity contribution in [2.24, 2.45) is 7.05 Å². The number of aryl methyl sites for hydroxylation is 1. The molecule has 0 fully saturated rings. The minimum Gasteiger partial charge on any atom is -0.457 e. The molecule has 0 radical (unpaired) electrons. The lowest BCUT2D eigenvalue weighted by molar-refractivity contribution is 0.511. The van der Waals surface area contributed by atoms with Crippen molar-refractivity contribution in [2.75, 3.05) is 6.54 Å². The van der Waals surface area contributed by atoms with Crippen LogP contribution in [-0.4, -0.2) is 21.5 Å². The van der Waals surface area contributed by atoms with Crippen molar-refractivity contribution in [3.8, 4) is 0 Å². The number of aromatic nitrogens is 3. The van der Waals surface area contributed by atoms with E-state index < -0.39 is 0 Å². The maximum atomic E-state index is 5.31. The van der Waals surface area contributed by atoms with Crippen molar-refractivity contribution >= 4 is 31.9 Å². The second-order valence-corrected chi connectivity index (χ2v) is 5.40. The normalized spacial score (nSPS) is 12.9. The highest BCUT2D eigenvalue weighted by Gasteiger charge is 2.24. The Balaban J connectivity index is 2.40. The minimum absolute atomic E-state index is 0.00699. The molecule has 7 heteroatoms. The maximum absolute atomic E-state index is 5.31. The maximum Gasteiger partial charge on any atom is 0.174 e. The predicted molar refractivity (Wildman–Crippen MR) is 75.2 cm³/mol. The Hall–Kier alpha value is -0.660. The number of nitrogens with one attached hydrogen (secondary N) is 1. The van der Waals surface area contributed by atoms with Crippen LogP contribution >= 0.6 is 31.9 Å². The third-order valence-corrected chi connectivity index (χ3v) is 3.87. The number of nitrogens with zero attached hydrogens (tertiary/aromatic N) is 3. The highest BCUT2D eigenvalue weighted by Crippen LogP contribution is 2.32. The zero-order chi connectivity index (χ0) is 13.1. The average molecular weight is 378 g/mol. The Morgan fingerprint density at radius 3 is 2.78 bits per heavy atom. The van der Waals surface area contributed by atoms with Gasteiger partial charge in [0.25, 0.3) is 0 Å². The van der Waals surface area contributed by atoms with Gasteiger partial charge >= 0.3 is 0 Å². The van der Waals surface area contributed by atoms with Crippen LogP contribution in [0.1, 0.15) is 30.6 Å². The molecule has 0 aliphatic heterocycles. The van der Waals surface area contributed by atoms with Gasteiger partial charge in [-0.25, -0.2) is 4.68 Å². The Morgan fingerprint density at radius 2 is 2.28 bits per heavy atom. The van der Waals surface area contributed by atoms with E-state index in [0.717, 1.165) is 33.5 Å². The monoisotopic (exact) mass is 376 g/mol. The van der Waals surface area contributed by atoms with Crippen molar-refractivity contribution in [2.45, 2.75) is 19.4 Å². The van der Waals surface area contributed by atoms with E-state index >= 15 is 0 Å². The van der Waals surface area contributed by atoms with E-state index in [2.05, 4.69) is 54.4 Å². The predicted octanol–water partition coefficient (Wildman–Crippen LogP) is 3.02. The van der Waals surface area contributed by atoms with Crippen molar-refractivity contribution in [3.63, 3.8) is 0 Å². The molecular formula is C11H14Br2N4O. The summed E-state index contributed by atoms with van der Waals surface area (Å²) >= 11 is 6.86. The summed E-state index contributed by atoms with van der Waals surface area (Å²) in [6.07, 6.45) is 2.71. The van der Waals surface area contributed by atoms with Gasteiger partial charge < -0.3 is 9.73 Å². The lowest BCUT2D eigenvalue weighted by Gasteiger charge is -2.17. The highest BCUT2D eigenvalue weighted by atomic mass is 79.9. The first-order valence-corrected chi connectivity index (χ1v) is 7.25. The van der Waals surface area contributed by atoms with Crippen LogP contribution in [0, 0.1) is 0 Å². The van der Waals surface area contributed by atoms with Crippen LogP contribution in [-0.2, 0) is 7.05 Å². The van der Waals surface area contributed by atoms with Gasteiger partial charge in [-0.2, -0.15) is 0 Å². The molecule has 0 spiro atoms. The van der Waals surface area contributed by atoms with Gasteiger partial charge in [-0.05, 0) is 50.9 Å². The quantitative estimate of drug-likeness (QED) is 0.870. The zero-order valence-electron chi connectivity index (χ0n) is 10.2. The number of hydrogen-bond donors (Lipinski definition) is 1. The minimum atomic E-state index is -0.00699. The summed E-state index contributed by atoms with van der Waals surface area (Å²) in [5.74, 6) is 0. The average Bonchev–Trinajstić information content (AvgIpc) is 2.90. The molecule has 2 aromatic rings. The summed E-state index contributed by atoms with van der Waals surface area (Å²) in [5, 5.41) is 11.5. The summed E-state index contributed by atoms with van der Waals surface area (Å²) < 4.78 is 8.54. The molecule has 0 saturated carbocycles. The number of furan rings is 1. The number of hydrogen-bond acceptors (Lipinski definition) is 4. The largest absolute Gasteiger partial charge is 0.457 e. The molecule has 0 aromatic carbocycles. The molecule has 2 heterocycles. The summed E-state index contributed by atoms with van der Waals surface area (Å²) in [6.45, 7) is 3.03. The second kappa shape index (κ2) is 5.99. The van der Waals surface area contributed by atoms with Crippen molar-refractivity contribution in [3.05, 3.63) is 32.9 Å². The molecule has 1 N–H and O–H groups in total. The van der Waals surface area contributed by atoms with Gasteiger partial charge in [-0.15, -0.1) is 5.10 Å². The molecule has 1 unspecified atom stereocenters. The highest BCUT2D eigenvalue weighted by molar-refractivity contribution is 9.10. The number of rotatable bonds is 5.